The Morgan fingerprint density at radius 1 is 1.40 bits per heavy atom. The van der Waals surface area contributed by atoms with Gasteiger partial charge in [0.1, 0.15) is 0 Å². The number of benzene rings is 1. The Kier molecular flexibility index (Phi) is 2.98. The van der Waals surface area contributed by atoms with Gasteiger partial charge in [-0.25, -0.2) is 0 Å². The fourth-order valence-electron chi connectivity index (χ4n) is 1.76. The Morgan fingerprint density at radius 3 is 2.93 bits per heavy atom. The van der Waals surface area contributed by atoms with E-state index in [4.69, 9.17) is 16.7 Å². The average molecular weight is 224 g/mol. The summed E-state index contributed by atoms with van der Waals surface area (Å²) in [6.07, 6.45) is 2.81. The van der Waals surface area contributed by atoms with E-state index < -0.39 is 0 Å². The van der Waals surface area contributed by atoms with Crippen LogP contribution in [0.15, 0.2) is 24.4 Å². The molecular weight excluding hydrogens is 210 g/mol. The van der Waals surface area contributed by atoms with E-state index in [9.17, 15) is 0 Å². The average Bonchev–Trinajstić information content (AvgIpc) is 2.59. The maximum Gasteiger partial charge on any atom is 0.0495 e. The SMILES string of the molecule is Cc1cc2ccn(CCCO)c2cc1Cl. The van der Waals surface area contributed by atoms with Crippen molar-refractivity contribution in [1.82, 2.24) is 4.57 Å². The molecule has 0 aliphatic carbocycles. The maximum atomic E-state index is 8.80. The van der Waals surface area contributed by atoms with Crippen molar-refractivity contribution in [3.05, 3.63) is 35.0 Å². The van der Waals surface area contributed by atoms with Gasteiger partial charge in [0, 0.05) is 29.9 Å². The number of rotatable bonds is 3. The van der Waals surface area contributed by atoms with Crippen molar-refractivity contribution in [1.29, 1.82) is 0 Å². The molecule has 0 amide bonds. The Balaban J connectivity index is 2.45. The third-order valence-electron chi connectivity index (χ3n) is 2.61. The van der Waals surface area contributed by atoms with Crippen LogP contribution >= 0.6 is 11.6 Å². The molecule has 0 aliphatic rings. The van der Waals surface area contributed by atoms with Gasteiger partial charge in [0.2, 0.25) is 0 Å². The monoisotopic (exact) mass is 223 g/mol. The van der Waals surface area contributed by atoms with E-state index in [1.54, 1.807) is 0 Å². The predicted octanol–water partition coefficient (Wildman–Crippen LogP) is 2.99. The van der Waals surface area contributed by atoms with Crippen LogP contribution in [0.4, 0.5) is 0 Å². The topological polar surface area (TPSA) is 25.2 Å². The summed E-state index contributed by atoms with van der Waals surface area (Å²) in [6.45, 7) is 3.06. The molecule has 80 valence electrons. The molecule has 0 radical (unpaired) electrons. The van der Waals surface area contributed by atoms with Gasteiger partial charge in [0.15, 0.2) is 0 Å². The highest BCUT2D eigenvalue weighted by Gasteiger charge is 2.03. The highest BCUT2D eigenvalue weighted by atomic mass is 35.5. The first-order chi connectivity index (χ1) is 7.22. The zero-order valence-electron chi connectivity index (χ0n) is 8.70. The number of halogens is 1. The minimum absolute atomic E-state index is 0.221. The molecule has 0 fully saturated rings. The third kappa shape index (κ3) is 2.01. The first-order valence-corrected chi connectivity index (χ1v) is 5.46. The molecule has 1 aromatic carbocycles. The van der Waals surface area contributed by atoms with Crippen molar-refractivity contribution in [3.63, 3.8) is 0 Å². The van der Waals surface area contributed by atoms with Crippen molar-refractivity contribution in [2.75, 3.05) is 6.61 Å². The summed E-state index contributed by atoms with van der Waals surface area (Å²) >= 11 is 6.09. The standard InChI is InChI=1S/C12H14ClNO/c1-9-7-10-3-5-14(4-2-6-15)12(10)8-11(9)13/h3,5,7-8,15H,2,4,6H2,1H3. The van der Waals surface area contributed by atoms with Crippen molar-refractivity contribution >= 4 is 22.5 Å². The summed E-state index contributed by atoms with van der Waals surface area (Å²) in [5.74, 6) is 0. The second kappa shape index (κ2) is 4.25. The lowest BCUT2D eigenvalue weighted by molar-refractivity contribution is 0.280. The molecule has 2 nitrogen and oxygen atoms in total. The van der Waals surface area contributed by atoms with Crippen molar-refractivity contribution < 1.29 is 5.11 Å². The summed E-state index contributed by atoms with van der Waals surface area (Å²) in [6, 6.07) is 6.16. The van der Waals surface area contributed by atoms with E-state index in [2.05, 4.69) is 16.7 Å². The van der Waals surface area contributed by atoms with Crippen LogP contribution in [0.3, 0.4) is 0 Å². The molecule has 0 saturated carbocycles. The first kappa shape index (κ1) is 10.5. The summed E-state index contributed by atoms with van der Waals surface area (Å²) in [5.41, 5.74) is 2.24. The number of aliphatic hydroxyl groups is 1. The van der Waals surface area contributed by atoms with Crippen LogP contribution in [0.5, 0.6) is 0 Å². The molecule has 0 spiro atoms. The Bertz CT molecular complexity index is 476. The molecule has 0 saturated heterocycles. The Labute approximate surface area is 94.1 Å². The third-order valence-corrected chi connectivity index (χ3v) is 3.02. The highest BCUT2D eigenvalue weighted by molar-refractivity contribution is 6.32. The lowest BCUT2D eigenvalue weighted by atomic mass is 10.2. The van der Waals surface area contributed by atoms with Gasteiger partial charge in [-0.15, -0.1) is 0 Å². The van der Waals surface area contributed by atoms with Gasteiger partial charge in [0.25, 0.3) is 0 Å². The maximum absolute atomic E-state index is 8.80. The van der Waals surface area contributed by atoms with Crippen LogP contribution < -0.4 is 0 Å². The van der Waals surface area contributed by atoms with Crippen molar-refractivity contribution in [2.45, 2.75) is 19.9 Å². The number of aryl methyl sites for hydroxylation is 2. The van der Waals surface area contributed by atoms with E-state index in [-0.39, 0.29) is 6.61 Å². The molecule has 0 unspecified atom stereocenters. The molecule has 0 aliphatic heterocycles. The molecular formula is C12H14ClNO. The first-order valence-electron chi connectivity index (χ1n) is 5.08. The lowest BCUT2D eigenvalue weighted by Gasteiger charge is -2.05. The molecule has 1 aromatic heterocycles. The number of aromatic nitrogens is 1. The zero-order valence-corrected chi connectivity index (χ0v) is 9.46. The molecule has 1 N–H and O–H groups in total. The second-order valence-electron chi connectivity index (χ2n) is 3.75. The van der Waals surface area contributed by atoms with Crippen LogP contribution in [-0.4, -0.2) is 16.3 Å². The van der Waals surface area contributed by atoms with Crippen molar-refractivity contribution in [2.24, 2.45) is 0 Å². The molecule has 2 aromatic rings. The van der Waals surface area contributed by atoms with Gasteiger partial charge in [-0.05, 0) is 42.5 Å². The van der Waals surface area contributed by atoms with Gasteiger partial charge < -0.3 is 9.67 Å². The van der Waals surface area contributed by atoms with Gasteiger partial charge in [-0.2, -0.15) is 0 Å². The predicted molar refractivity (Wildman–Crippen MR) is 63.4 cm³/mol. The number of aliphatic hydroxyl groups excluding tert-OH is 1. The number of hydrogen-bond acceptors (Lipinski definition) is 1. The van der Waals surface area contributed by atoms with E-state index in [1.807, 2.05) is 19.2 Å². The van der Waals surface area contributed by atoms with Gasteiger partial charge in [-0.3, -0.25) is 0 Å². The Morgan fingerprint density at radius 2 is 2.20 bits per heavy atom. The van der Waals surface area contributed by atoms with Crippen LogP contribution in [0.2, 0.25) is 5.02 Å². The van der Waals surface area contributed by atoms with Gasteiger partial charge in [0.05, 0.1) is 0 Å². The largest absolute Gasteiger partial charge is 0.396 e. The number of hydrogen-bond donors (Lipinski definition) is 1. The smallest absolute Gasteiger partial charge is 0.0495 e. The van der Waals surface area contributed by atoms with Crippen LogP contribution in [-0.2, 0) is 6.54 Å². The normalized spacial score (nSPS) is 11.1. The highest BCUT2D eigenvalue weighted by Crippen LogP contribution is 2.24. The molecule has 2 rings (SSSR count). The van der Waals surface area contributed by atoms with Crippen LogP contribution in [0, 0.1) is 6.92 Å². The quantitative estimate of drug-likeness (QED) is 0.851. The van der Waals surface area contributed by atoms with E-state index >= 15 is 0 Å². The molecule has 1 heterocycles. The molecule has 3 heteroatoms. The van der Waals surface area contributed by atoms with Gasteiger partial charge in [-0.1, -0.05) is 11.6 Å². The number of nitrogens with zero attached hydrogens (tertiary/aromatic N) is 1. The Hall–Kier alpha value is -0.990. The van der Waals surface area contributed by atoms with E-state index in [0.717, 1.165) is 29.1 Å². The van der Waals surface area contributed by atoms with Crippen molar-refractivity contribution in [3.8, 4) is 0 Å². The summed E-state index contributed by atoms with van der Waals surface area (Å²) in [5, 5.41) is 10.8. The fraction of sp³-hybridized carbons (Fsp3) is 0.333. The minimum Gasteiger partial charge on any atom is -0.396 e. The van der Waals surface area contributed by atoms with Gasteiger partial charge >= 0.3 is 0 Å². The lowest BCUT2D eigenvalue weighted by Crippen LogP contribution is -1.98. The zero-order chi connectivity index (χ0) is 10.8. The van der Waals surface area contributed by atoms with E-state index in [0.29, 0.717) is 0 Å². The van der Waals surface area contributed by atoms with Crippen LogP contribution in [0.25, 0.3) is 10.9 Å². The minimum atomic E-state index is 0.221. The fourth-order valence-corrected chi connectivity index (χ4v) is 1.92. The number of fused-ring (bicyclic) bond motifs is 1. The second-order valence-corrected chi connectivity index (χ2v) is 4.15. The molecule has 0 bridgehead atoms. The summed E-state index contributed by atoms with van der Waals surface area (Å²) < 4.78 is 2.12. The molecule has 0 atom stereocenters. The molecule has 15 heavy (non-hydrogen) atoms. The summed E-state index contributed by atoms with van der Waals surface area (Å²) in [7, 11) is 0. The van der Waals surface area contributed by atoms with Crippen LogP contribution in [0.1, 0.15) is 12.0 Å². The van der Waals surface area contributed by atoms with E-state index in [1.165, 1.54) is 5.39 Å². The summed E-state index contributed by atoms with van der Waals surface area (Å²) in [4.78, 5) is 0.